The number of carbonyl (C=O) groups excluding carboxylic acids is 1. The van der Waals surface area contributed by atoms with Crippen molar-refractivity contribution in [3.8, 4) is 17.1 Å². The summed E-state index contributed by atoms with van der Waals surface area (Å²) in [5.74, 6) is 0.776. The standard InChI is InChI=1S/C23H19N7O2/c1-14-13-32-29-19(14)23(31)27-12-15-6-8-16(9-7-15)30-21(17-4-2-10-25-20(17)24)28-18-5-3-11-26-22(18)30/h2-11,13H,12H2,1H3,(H2,24,25)(H,27,31). The number of imidazole rings is 1. The number of fused-ring (bicyclic) bond motifs is 1. The lowest BCUT2D eigenvalue weighted by molar-refractivity contribution is 0.0941. The quantitative estimate of drug-likeness (QED) is 0.443. The number of nitrogens with two attached hydrogens (primary N) is 1. The summed E-state index contributed by atoms with van der Waals surface area (Å²) in [5, 5.41) is 6.58. The molecule has 0 unspecified atom stereocenters. The molecule has 5 aromatic rings. The fourth-order valence-corrected chi connectivity index (χ4v) is 3.48. The van der Waals surface area contributed by atoms with Crippen molar-refractivity contribution in [3.63, 3.8) is 0 Å². The van der Waals surface area contributed by atoms with Crippen LogP contribution in [0.1, 0.15) is 21.6 Å². The van der Waals surface area contributed by atoms with Gasteiger partial charge in [0.15, 0.2) is 17.2 Å². The minimum absolute atomic E-state index is 0.278. The maximum absolute atomic E-state index is 12.3. The van der Waals surface area contributed by atoms with Crippen molar-refractivity contribution >= 4 is 22.9 Å². The van der Waals surface area contributed by atoms with Crippen LogP contribution in [0.3, 0.4) is 0 Å². The van der Waals surface area contributed by atoms with Gasteiger partial charge in [0.2, 0.25) is 0 Å². The summed E-state index contributed by atoms with van der Waals surface area (Å²) in [4.78, 5) is 25.7. The van der Waals surface area contributed by atoms with Crippen molar-refractivity contribution < 1.29 is 9.32 Å². The predicted molar refractivity (Wildman–Crippen MR) is 119 cm³/mol. The van der Waals surface area contributed by atoms with Gasteiger partial charge in [0.1, 0.15) is 17.6 Å². The molecular weight excluding hydrogens is 406 g/mol. The summed E-state index contributed by atoms with van der Waals surface area (Å²) in [6.07, 6.45) is 4.82. The first-order chi connectivity index (χ1) is 15.6. The Bertz CT molecular complexity index is 1420. The third-order valence-electron chi connectivity index (χ3n) is 5.11. The highest BCUT2D eigenvalue weighted by molar-refractivity contribution is 5.93. The zero-order chi connectivity index (χ0) is 22.1. The van der Waals surface area contributed by atoms with Crippen LogP contribution in [0.4, 0.5) is 5.82 Å². The molecule has 4 heterocycles. The summed E-state index contributed by atoms with van der Waals surface area (Å²) < 4.78 is 6.78. The third-order valence-corrected chi connectivity index (χ3v) is 5.11. The second-order valence-electron chi connectivity index (χ2n) is 7.25. The fourth-order valence-electron chi connectivity index (χ4n) is 3.48. The summed E-state index contributed by atoms with van der Waals surface area (Å²) in [7, 11) is 0. The molecule has 0 aliphatic heterocycles. The Labute approximate surface area is 182 Å². The molecule has 32 heavy (non-hydrogen) atoms. The van der Waals surface area contributed by atoms with Gasteiger partial charge in [-0.2, -0.15) is 0 Å². The monoisotopic (exact) mass is 425 g/mol. The van der Waals surface area contributed by atoms with Crippen molar-refractivity contribution in [3.05, 3.63) is 84.0 Å². The summed E-state index contributed by atoms with van der Waals surface area (Å²) in [6, 6.07) is 15.3. The van der Waals surface area contributed by atoms with Crippen molar-refractivity contribution in [2.75, 3.05) is 5.73 Å². The van der Waals surface area contributed by atoms with Gasteiger partial charge in [0, 0.05) is 30.2 Å². The zero-order valence-electron chi connectivity index (χ0n) is 17.2. The molecule has 1 amide bonds. The highest BCUT2D eigenvalue weighted by Gasteiger charge is 2.17. The van der Waals surface area contributed by atoms with Crippen LogP contribution in [0.2, 0.25) is 0 Å². The topological polar surface area (TPSA) is 125 Å². The second kappa shape index (κ2) is 7.95. The maximum Gasteiger partial charge on any atom is 0.274 e. The number of nitrogens with one attached hydrogen (secondary N) is 1. The van der Waals surface area contributed by atoms with E-state index >= 15 is 0 Å². The number of aromatic nitrogens is 5. The molecule has 158 valence electrons. The van der Waals surface area contributed by atoms with E-state index in [1.54, 1.807) is 19.3 Å². The Hall–Kier alpha value is -4.53. The first-order valence-corrected chi connectivity index (χ1v) is 9.94. The molecule has 9 heteroatoms. The number of carbonyl (C=O) groups is 1. The normalized spacial score (nSPS) is 11.0. The molecule has 0 atom stereocenters. The fraction of sp³-hybridized carbons (Fsp3) is 0.0870. The SMILES string of the molecule is Cc1conc1C(=O)NCc1ccc(-n2c(-c3cccnc3N)nc3cccnc32)cc1. The van der Waals surface area contributed by atoms with E-state index in [1.807, 2.05) is 53.1 Å². The number of hydrogen-bond donors (Lipinski definition) is 2. The number of nitrogens with zero attached hydrogens (tertiary/aromatic N) is 5. The lowest BCUT2D eigenvalue weighted by Crippen LogP contribution is -2.23. The second-order valence-corrected chi connectivity index (χ2v) is 7.25. The largest absolute Gasteiger partial charge is 0.383 e. The maximum atomic E-state index is 12.3. The van der Waals surface area contributed by atoms with Crippen molar-refractivity contribution in [1.29, 1.82) is 0 Å². The van der Waals surface area contributed by atoms with Gasteiger partial charge in [-0.1, -0.05) is 17.3 Å². The van der Waals surface area contributed by atoms with Gasteiger partial charge < -0.3 is 15.6 Å². The van der Waals surface area contributed by atoms with Gasteiger partial charge in [0.25, 0.3) is 5.91 Å². The van der Waals surface area contributed by atoms with E-state index in [-0.39, 0.29) is 11.6 Å². The Kier molecular flexibility index (Phi) is 4.83. The van der Waals surface area contributed by atoms with Gasteiger partial charge in [-0.15, -0.1) is 0 Å². The lowest BCUT2D eigenvalue weighted by Gasteiger charge is -2.11. The van der Waals surface area contributed by atoms with E-state index in [2.05, 4.69) is 20.4 Å². The molecule has 0 spiro atoms. The molecule has 3 N–H and O–H groups in total. The molecule has 0 aliphatic carbocycles. The Morgan fingerprint density at radius 1 is 1.09 bits per heavy atom. The van der Waals surface area contributed by atoms with E-state index in [0.29, 0.717) is 29.4 Å². The Balaban J connectivity index is 1.47. The molecule has 0 saturated heterocycles. The van der Waals surface area contributed by atoms with Crippen molar-refractivity contribution in [2.45, 2.75) is 13.5 Å². The summed E-state index contributed by atoms with van der Waals surface area (Å²) in [6.45, 7) is 2.13. The molecule has 0 fully saturated rings. The summed E-state index contributed by atoms with van der Waals surface area (Å²) in [5.41, 5.74) is 11.1. The number of rotatable bonds is 5. The zero-order valence-corrected chi connectivity index (χ0v) is 17.2. The highest BCUT2D eigenvalue weighted by Crippen LogP contribution is 2.30. The van der Waals surface area contributed by atoms with Crippen molar-refractivity contribution in [1.82, 2.24) is 30.0 Å². The molecule has 9 nitrogen and oxygen atoms in total. The first kappa shape index (κ1) is 19.4. The van der Waals surface area contributed by atoms with Gasteiger partial charge in [0.05, 0.1) is 5.56 Å². The van der Waals surface area contributed by atoms with Crippen LogP contribution in [0.5, 0.6) is 0 Å². The number of hydrogen-bond acceptors (Lipinski definition) is 7. The van der Waals surface area contributed by atoms with Gasteiger partial charge >= 0.3 is 0 Å². The molecule has 0 bridgehead atoms. The van der Waals surface area contributed by atoms with Crippen LogP contribution in [-0.2, 0) is 6.54 Å². The number of pyridine rings is 2. The molecule has 5 rings (SSSR count). The first-order valence-electron chi connectivity index (χ1n) is 9.94. The highest BCUT2D eigenvalue weighted by atomic mass is 16.5. The number of benzene rings is 1. The number of nitrogen functional groups attached to an aromatic ring is 1. The van der Waals surface area contributed by atoms with Crippen LogP contribution in [0.15, 0.2) is 71.7 Å². The Morgan fingerprint density at radius 2 is 1.88 bits per heavy atom. The molecule has 0 aliphatic rings. The average molecular weight is 425 g/mol. The molecule has 1 aromatic carbocycles. The van der Waals surface area contributed by atoms with E-state index in [1.165, 1.54) is 6.26 Å². The van der Waals surface area contributed by atoms with Crippen LogP contribution in [0, 0.1) is 6.92 Å². The Morgan fingerprint density at radius 3 is 2.62 bits per heavy atom. The van der Waals surface area contributed by atoms with E-state index in [9.17, 15) is 4.79 Å². The molecule has 0 radical (unpaired) electrons. The van der Waals surface area contributed by atoms with E-state index in [0.717, 1.165) is 22.3 Å². The van der Waals surface area contributed by atoms with E-state index < -0.39 is 0 Å². The number of aryl methyl sites for hydroxylation is 1. The molecule has 0 saturated carbocycles. The van der Waals surface area contributed by atoms with Crippen LogP contribution in [0.25, 0.3) is 28.2 Å². The molecular formula is C23H19N7O2. The minimum Gasteiger partial charge on any atom is -0.383 e. The van der Waals surface area contributed by atoms with Gasteiger partial charge in [-0.3, -0.25) is 9.36 Å². The third kappa shape index (κ3) is 3.45. The van der Waals surface area contributed by atoms with Gasteiger partial charge in [-0.05, 0) is 48.9 Å². The van der Waals surface area contributed by atoms with Gasteiger partial charge in [-0.25, -0.2) is 15.0 Å². The van der Waals surface area contributed by atoms with Crippen molar-refractivity contribution in [2.24, 2.45) is 0 Å². The minimum atomic E-state index is -0.278. The lowest BCUT2D eigenvalue weighted by atomic mass is 10.2. The van der Waals surface area contributed by atoms with Crippen LogP contribution in [-0.4, -0.2) is 30.6 Å². The van der Waals surface area contributed by atoms with E-state index in [4.69, 9.17) is 15.2 Å². The molecule has 4 aromatic heterocycles. The van der Waals surface area contributed by atoms with Crippen LogP contribution >= 0.6 is 0 Å². The number of amides is 1. The summed E-state index contributed by atoms with van der Waals surface area (Å²) >= 11 is 0. The number of anilines is 1. The predicted octanol–water partition coefficient (Wildman–Crippen LogP) is 3.29. The average Bonchev–Trinajstić information content (AvgIpc) is 3.42. The van der Waals surface area contributed by atoms with Crippen LogP contribution < -0.4 is 11.1 Å². The smallest absolute Gasteiger partial charge is 0.274 e.